The van der Waals surface area contributed by atoms with Crippen LogP contribution < -0.4 is 4.90 Å². The molecule has 0 unspecified atom stereocenters. The van der Waals surface area contributed by atoms with Gasteiger partial charge in [-0.15, -0.1) is 11.3 Å². The Labute approximate surface area is 169 Å². The van der Waals surface area contributed by atoms with Crippen LogP contribution in [-0.2, 0) is 4.79 Å². The maximum atomic E-state index is 13.0. The summed E-state index contributed by atoms with van der Waals surface area (Å²) in [7, 11) is 0. The topological polar surface area (TPSA) is 100 Å². The summed E-state index contributed by atoms with van der Waals surface area (Å²) in [6.45, 7) is 2.11. The molecule has 3 rings (SSSR count). The normalized spacial score (nSPS) is 11.7. The number of hydrogen-bond acceptors (Lipinski definition) is 7. The Morgan fingerprint density at radius 1 is 1.36 bits per heavy atom. The van der Waals surface area contributed by atoms with Crippen molar-refractivity contribution in [2.45, 2.75) is 22.9 Å². The first kappa shape index (κ1) is 19.8. The van der Waals surface area contributed by atoms with Crippen molar-refractivity contribution >= 4 is 50.6 Å². The van der Waals surface area contributed by atoms with Crippen LogP contribution in [0.3, 0.4) is 0 Å². The third-order valence-corrected chi connectivity index (χ3v) is 6.17. The summed E-state index contributed by atoms with van der Waals surface area (Å²) in [4.78, 5) is 29.6. The number of rotatable bonds is 7. The predicted octanol–water partition coefficient (Wildman–Crippen LogP) is 4.63. The molecular weight excluding hydrogens is 396 g/mol. The zero-order chi connectivity index (χ0) is 20.1. The highest BCUT2D eigenvalue weighted by atomic mass is 32.2. The zero-order valence-corrected chi connectivity index (χ0v) is 16.6. The molecule has 0 aliphatic heterocycles. The molecule has 1 atom stereocenters. The van der Waals surface area contributed by atoms with E-state index in [4.69, 9.17) is 5.26 Å². The third-order valence-electron chi connectivity index (χ3n) is 3.97. The Balaban J connectivity index is 1.79. The van der Waals surface area contributed by atoms with Gasteiger partial charge in [0.2, 0.25) is 5.91 Å². The number of thioether (sulfide) groups is 1. The number of nitriles is 1. The largest absolute Gasteiger partial charge is 0.310 e. The number of carbonyl (C=O) groups is 1. The Morgan fingerprint density at radius 3 is 2.79 bits per heavy atom. The summed E-state index contributed by atoms with van der Waals surface area (Å²) in [6.07, 6.45) is 0.239. The first-order chi connectivity index (χ1) is 13.5. The van der Waals surface area contributed by atoms with Crippen LogP contribution in [0, 0.1) is 21.4 Å². The Bertz CT molecular complexity index is 1050. The predicted molar refractivity (Wildman–Crippen MR) is 111 cm³/mol. The number of anilines is 1. The van der Waals surface area contributed by atoms with Crippen molar-refractivity contribution in [1.82, 2.24) is 4.98 Å². The fourth-order valence-corrected chi connectivity index (χ4v) is 4.92. The number of amides is 1. The lowest BCUT2D eigenvalue weighted by molar-refractivity contribution is -0.384. The molecule has 1 aromatic heterocycles. The molecule has 9 heteroatoms. The van der Waals surface area contributed by atoms with E-state index < -0.39 is 10.2 Å². The van der Waals surface area contributed by atoms with Gasteiger partial charge in [-0.3, -0.25) is 14.9 Å². The molecule has 3 aromatic rings. The number of nitro benzene ring substituents is 1. The fourth-order valence-electron chi connectivity index (χ4n) is 2.61. The molecule has 0 saturated carbocycles. The smallest absolute Gasteiger partial charge is 0.270 e. The Kier molecular flexibility index (Phi) is 6.23. The third kappa shape index (κ3) is 4.47. The molecule has 2 aromatic carbocycles. The van der Waals surface area contributed by atoms with E-state index in [1.165, 1.54) is 35.2 Å². The maximum absolute atomic E-state index is 13.0. The number of fused-ring (bicyclic) bond motifs is 1. The van der Waals surface area contributed by atoms with Crippen LogP contribution >= 0.6 is 23.1 Å². The second-order valence-electron chi connectivity index (χ2n) is 5.88. The van der Waals surface area contributed by atoms with Crippen LogP contribution in [0.25, 0.3) is 10.2 Å². The number of non-ortho nitro benzene ring substituents is 1. The molecule has 1 amide bonds. The fraction of sp³-hybridized carbons (Fsp3) is 0.211. The van der Waals surface area contributed by atoms with Gasteiger partial charge in [-0.25, -0.2) is 4.98 Å². The minimum absolute atomic E-state index is 0.0172. The first-order valence-corrected chi connectivity index (χ1v) is 10.1. The number of para-hydroxylation sites is 1. The van der Waals surface area contributed by atoms with E-state index in [0.717, 1.165) is 5.69 Å². The molecule has 7 nitrogen and oxygen atoms in total. The van der Waals surface area contributed by atoms with Crippen molar-refractivity contribution in [1.29, 1.82) is 5.26 Å². The van der Waals surface area contributed by atoms with Crippen LogP contribution in [0.15, 0.2) is 52.9 Å². The molecule has 0 fully saturated rings. The summed E-state index contributed by atoms with van der Waals surface area (Å²) >= 11 is 2.64. The molecule has 1 heterocycles. The number of aromatic nitrogens is 1. The van der Waals surface area contributed by atoms with Gasteiger partial charge >= 0.3 is 0 Å². The van der Waals surface area contributed by atoms with Crippen molar-refractivity contribution in [2.75, 3.05) is 11.4 Å². The Hall–Kier alpha value is -2.96. The molecule has 0 saturated heterocycles. The highest BCUT2D eigenvalue weighted by molar-refractivity contribution is 8.02. The van der Waals surface area contributed by atoms with Crippen molar-refractivity contribution < 1.29 is 9.72 Å². The van der Waals surface area contributed by atoms with Gasteiger partial charge in [-0.1, -0.05) is 30.0 Å². The quantitative estimate of drug-likeness (QED) is 0.319. The minimum Gasteiger partial charge on any atom is -0.310 e. The number of nitrogens with zero attached hydrogens (tertiary/aromatic N) is 4. The van der Waals surface area contributed by atoms with Gasteiger partial charge < -0.3 is 4.90 Å². The SMILES string of the molecule is C[C@H](Sc1nc2ccc([N+](=O)[O-])cc2s1)C(=O)N(CCC#N)c1ccccc1. The van der Waals surface area contributed by atoms with Crippen LogP contribution in [0.2, 0.25) is 0 Å². The second-order valence-corrected chi connectivity index (χ2v) is 8.50. The van der Waals surface area contributed by atoms with Crippen LogP contribution in [0.1, 0.15) is 13.3 Å². The summed E-state index contributed by atoms with van der Waals surface area (Å²) in [6, 6.07) is 15.8. The van der Waals surface area contributed by atoms with Gasteiger partial charge in [0.25, 0.3) is 5.69 Å². The van der Waals surface area contributed by atoms with E-state index in [9.17, 15) is 14.9 Å². The molecule has 0 aliphatic rings. The van der Waals surface area contributed by atoms with Crippen LogP contribution in [0.5, 0.6) is 0 Å². The van der Waals surface area contributed by atoms with E-state index >= 15 is 0 Å². The van der Waals surface area contributed by atoms with Crippen molar-refractivity contribution in [2.24, 2.45) is 0 Å². The summed E-state index contributed by atoms with van der Waals surface area (Å²) in [5, 5.41) is 19.4. The van der Waals surface area contributed by atoms with E-state index in [1.54, 1.807) is 17.9 Å². The average Bonchev–Trinajstić information content (AvgIpc) is 3.10. The van der Waals surface area contributed by atoms with Gasteiger partial charge in [0.15, 0.2) is 4.34 Å². The average molecular weight is 412 g/mol. The number of thiazole rings is 1. The minimum atomic E-state index is -0.439. The molecule has 0 bridgehead atoms. The summed E-state index contributed by atoms with van der Waals surface area (Å²) in [5.41, 5.74) is 1.43. The van der Waals surface area contributed by atoms with Gasteiger partial charge in [0, 0.05) is 24.4 Å². The highest BCUT2D eigenvalue weighted by Gasteiger charge is 2.24. The standard InChI is InChI=1S/C19H16N4O3S2/c1-13(18(24)22(11-5-10-20)14-6-3-2-4-7-14)27-19-21-16-9-8-15(23(25)26)12-17(16)28-19/h2-4,6-9,12-13H,5,11H2,1H3/t13-/m0/s1. The number of benzene rings is 2. The number of nitro groups is 1. The van der Waals surface area contributed by atoms with Gasteiger partial charge in [0.05, 0.1) is 32.9 Å². The number of carbonyl (C=O) groups excluding carboxylic acids is 1. The molecule has 142 valence electrons. The lowest BCUT2D eigenvalue weighted by Gasteiger charge is -2.24. The molecule has 0 spiro atoms. The van der Waals surface area contributed by atoms with Crippen molar-refractivity contribution in [3.8, 4) is 6.07 Å². The lowest BCUT2D eigenvalue weighted by atomic mass is 10.2. The van der Waals surface area contributed by atoms with Gasteiger partial charge in [-0.2, -0.15) is 5.26 Å². The molecular formula is C19H16N4O3S2. The number of hydrogen-bond donors (Lipinski definition) is 0. The summed E-state index contributed by atoms with van der Waals surface area (Å²) < 4.78 is 1.38. The zero-order valence-electron chi connectivity index (χ0n) is 14.9. The van der Waals surface area contributed by atoms with Crippen LogP contribution in [-0.4, -0.2) is 27.6 Å². The lowest BCUT2D eigenvalue weighted by Crippen LogP contribution is -2.37. The van der Waals surface area contributed by atoms with E-state index in [0.29, 0.717) is 21.1 Å². The maximum Gasteiger partial charge on any atom is 0.270 e. The molecule has 0 radical (unpaired) electrons. The molecule has 28 heavy (non-hydrogen) atoms. The van der Waals surface area contributed by atoms with Gasteiger partial charge in [-0.05, 0) is 25.1 Å². The molecule has 0 aliphatic carbocycles. The van der Waals surface area contributed by atoms with Crippen LogP contribution in [0.4, 0.5) is 11.4 Å². The van der Waals surface area contributed by atoms with Crippen molar-refractivity contribution in [3.05, 3.63) is 58.6 Å². The van der Waals surface area contributed by atoms with E-state index in [1.807, 2.05) is 30.3 Å². The highest BCUT2D eigenvalue weighted by Crippen LogP contribution is 2.34. The van der Waals surface area contributed by atoms with Gasteiger partial charge in [0.1, 0.15) is 0 Å². The first-order valence-electron chi connectivity index (χ1n) is 8.44. The summed E-state index contributed by atoms with van der Waals surface area (Å²) in [5.74, 6) is -0.114. The molecule has 0 N–H and O–H groups in total. The second kappa shape index (κ2) is 8.82. The monoisotopic (exact) mass is 412 g/mol. The Morgan fingerprint density at radius 2 is 2.11 bits per heavy atom. The van der Waals surface area contributed by atoms with E-state index in [-0.39, 0.29) is 18.0 Å². The van der Waals surface area contributed by atoms with Crippen molar-refractivity contribution in [3.63, 3.8) is 0 Å². The van der Waals surface area contributed by atoms with E-state index in [2.05, 4.69) is 11.1 Å².